The van der Waals surface area contributed by atoms with E-state index in [0.717, 1.165) is 40.0 Å². The number of carbonyl (C=O) groups excluding carboxylic acids is 1. The quantitative estimate of drug-likeness (QED) is 0.270. The number of imidazole rings is 1. The summed E-state index contributed by atoms with van der Waals surface area (Å²) in [5.74, 6) is 1.60. The first-order chi connectivity index (χ1) is 16.3. The van der Waals surface area contributed by atoms with Crippen LogP contribution in [0.1, 0.15) is 48.9 Å². The Morgan fingerprint density at radius 3 is 2.41 bits per heavy atom. The SMILES string of the molecule is CC(C)(C)c1ccc(OCCCn2c(CNC(=O)c3ccc(Br)cc3)nc3ccccc32)cc1. The third-order valence-corrected chi connectivity index (χ3v) is 6.29. The van der Waals surface area contributed by atoms with Gasteiger partial charge in [0.1, 0.15) is 11.6 Å². The van der Waals surface area contributed by atoms with Gasteiger partial charge in [0.15, 0.2) is 0 Å². The molecule has 1 aromatic heterocycles. The minimum atomic E-state index is -0.117. The second-order valence-electron chi connectivity index (χ2n) is 9.33. The molecule has 0 radical (unpaired) electrons. The second kappa shape index (κ2) is 10.4. The number of fused-ring (bicyclic) bond motifs is 1. The number of rotatable bonds is 8. The molecule has 1 N–H and O–H groups in total. The molecule has 6 heteroatoms. The maximum atomic E-state index is 12.6. The summed E-state index contributed by atoms with van der Waals surface area (Å²) < 4.78 is 9.09. The number of para-hydroxylation sites is 2. The highest BCUT2D eigenvalue weighted by Crippen LogP contribution is 2.24. The van der Waals surface area contributed by atoms with Gasteiger partial charge < -0.3 is 14.6 Å². The third kappa shape index (κ3) is 5.86. The molecule has 0 saturated carbocycles. The fraction of sp³-hybridized carbons (Fsp3) is 0.286. The first kappa shape index (κ1) is 24.0. The predicted octanol–water partition coefficient (Wildman–Crippen LogP) is 6.50. The van der Waals surface area contributed by atoms with Crippen LogP contribution in [0.3, 0.4) is 0 Å². The summed E-state index contributed by atoms with van der Waals surface area (Å²) in [5, 5.41) is 3.00. The van der Waals surface area contributed by atoms with Crippen LogP contribution in [0.5, 0.6) is 5.75 Å². The van der Waals surface area contributed by atoms with Crippen LogP contribution in [0.25, 0.3) is 11.0 Å². The monoisotopic (exact) mass is 519 g/mol. The average Bonchev–Trinajstić information content (AvgIpc) is 3.18. The Morgan fingerprint density at radius 2 is 1.71 bits per heavy atom. The van der Waals surface area contributed by atoms with Crippen molar-refractivity contribution < 1.29 is 9.53 Å². The molecule has 4 rings (SSSR count). The number of ether oxygens (including phenoxy) is 1. The van der Waals surface area contributed by atoms with Gasteiger partial charge in [-0.3, -0.25) is 4.79 Å². The number of hydrogen-bond acceptors (Lipinski definition) is 3. The number of carbonyl (C=O) groups is 1. The lowest BCUT2D eigenvalue weighted by Gasteiger charge is -2.19. The van der Waals surface area contributed by atoms with E-state index in [-0.39, 0.29) is 11.3 Å². The molecule has 3 aromatic carbocycles. The van der Waals surface area contributed by atoms with Crippen molar-refractivity contribution in [1.29, 1.82) is 0 Å². The molecule has 0 atom stereocenters. The molecule has 0 unspecified atom stereocenters. The first-order valence-electron chi connectivity index (χ1n) is 11.5. The molecule has 0 aliphatic carbocycles. The molecule has 5 nitrogen and oxygen atoms in total. The van der Waals surface area contributed by atoms with Crippen molar-refractivity contribution in [2.75, 3.05) is 6.61 Å². The number of halogens is 1. The van der Waals surface area contributed by atoms with Gasteiger partial charge in [0.05, 0.1) is 24.2 Å². The fourth-order valence-corrected chi connectivity index (χ4v) is 4.10. The second-order valence-corrected chi connectivity index (χ2v) is 10.3. The Kier molecular flexibility index (Phi) is 7.37. The van der Waals surface area contributed by atoms with Crippen LogP contribution in [0.15, 0.2) is 77.3 Å². The van der Waals surface area contributed by atoms with Crippen molar-refractivity contribution in [1.82, 2.24) is 14.9 Å². The molecule has 4 aromatic rings. The summed E-state index contributed by atoms with van der Waals surface area (Å²) in [6.45, 7) is 8.33. The summed E-state index contributed by atoms with van der Waals surface area (Å²) >= 11 is 3.40. The molecule has 0 spiro atoms. The normalized spacial score (nSPS) is 11.5. The van der Waals surface area contributed by atoms with Gasteiger partial charge in [0, 0.05) is 16.6 Å². The lowest BCUT2D eigenvalue weighted by atomic mass is 9.87. The summed E-state index contributed by atoms with van der Waals surface area (Å²) in [6.07, 6.45) is 0.828. The minimum Gasteiger partial charge on any atom is -0.494 e. The summed E-state index contributed by atoms with van der Waals surface area (Å²) in [7, 11) is 0. The highest BCUT2D eigenvalue weighted by molar-refractivity contribution is 9.10. The van der Waals surface area contributed by atoms with E-state index in [1.54, 1.807) is 12.1 Å². The van der Waals surface area contributed by atoms with Gasteiger partial charge >= 0.3 is 0 Å². The Hall–Kier alpha value is -3.12. The van der Waals surface area contributed by atoms with Gasteiger partial charge in [-0.05, 0) is 65.9 Å². The van der Waals surface area contributed by atoms with E-state index in [1.165, 1.54) is 5.56 Å². The molecule has 0 fully saturated rings. The molecule has 34 heavy (non-hydrogen) atoms. The zero-order valence-electron chi connectivity index (χ0n) is 19.8. The van der Waals surface area contributed by atoms with Gasteiger partial charge in [0.25, 0.3) is 5.91 Å². The highest BCUT2D eigenvalue weighted by Gasteiger charge is 2.14. The van der Waals surface area contributed by atoms with E-state index in [0.29, 0.717) is 18.7 Å². The highest BCUT2D eigenvalue weighted by atomic mass is 79.9. The van der Waals surface area contributed by atoms with Crippen molar-refractivity contribution in [3.05, 3.63) is 94.2 Å². The van der Waals surface area contributed by atoms with Gasteiger partial charge in [-0.1, -0.05) is 61.0 Å². The van der Waals surface area contributed by atoms with Crippen LogP contribution in [-0.2, 0) is 18.5 Å². The molecule has 0 aliphatic heterocycles. The first-order valence-corrected chi connectivity index (χ1v) is 12.3. The number of benzene rings is 3. The van der Waals surface area contributed by atoms with Gasteiger partial charge in [0.2, 0.25) is 0 Å². The average molecular weight is 520 g/mol. The smallest absolute Gasteiger partial charge is 0.251 e. The molecule has 0 aliphatic rings. The molecular formula is C28H30BrN3O2. The standard InChI is InChI=1S/C28H30BrN3O2/c1-28(2,3)21-11-15-23(16-12-21)34-18-6-17-32-25-8-5-4-7-24(25)31-26(32)19-30-27(33)20-9-13-22(29)14-10-20/h4-5,7-16H,6,17-19H2,1-3H3,(H,30,33). The zero-order valence-corrected chi connectivity index (χ0v) is 21.4. The van der Waals surface area contributed by atoms with E-state index in [4.69, 9.17) is 9.72 Å². The minimum absolute atomic E-state index is 0.117. The maximum absolute atomic E-state index is 12.6. The Balaban J connectivity index is 1.39. The van der Waals surface area contributed by atoms with Crippen LogP contribution in [0.4, 0.5) is 0 Å². The summed E-state index contributed by atoms with van der Waals surface area (Å²) in [4.78, 5) is 17.3. The van der Waals surface area contributed by atoms with Crippen molar-refractivity contribution in [3.8, 4) is 5.75 Å². The van der Waals surface area contributed by atoms with Crippen molar-refractivity contribution in [3.63, 3.8) is 0 Å². The van der Waals surface area contributed by atoms with Crippen LogP contribution >= 0.6 is 15.9 Å². The van der Waals surface area contributed by atoms with Gasteiger partial charge in [-0.25, -0.2) is 4.98 Å². The molecular weight excluding hydrogens is 490 g/mol. The molecule has 176 valence electrons. The van der Waals surface area contributed by atoms with E-state index in [1.807, 2.05) is 42.5 Å². The van der Waals surface area contributed by atoms with Crippen molar-refractivity contribution in [2.45, 2.75) is 45.7 Å². The Labute approximate surface area is 209 Å². The number of nitrogens with one attached hydrogen (secondary N) is 1. The van der Waals surface area contributed by atoms with Crippen LogP contribution in [-0.4, -0.2) is 22.1 Å². The molecule has 0 bridgehead atoms. The number of hydrogen-bond donors (Lipinski definition) is 1. The summed E-state index contributed by atoms with van der Waals surface area (Å²) in [5.41, 5.74) is 4.03. The Morgan fingerprint density at radius 1 is 1.00 bits per heavy atom. The van der Waals surface area contributed by atoms with Crippen LogP contribution < -0.4 is 10.1 Å². The number of nitrogens with zero attached hydrogens (tertiary/aromatic N) is 2. The van der Waals surface area contributed by atoms with Crippen molar-refractivity contribution in [2.24, 2.45) is 0 Å². The fourth-order valence-electron chi connectivity index (χ4n) is 3.84. The lowest BCUT2D eigenvalue weighted by molar-refractivity contribution is 0.0949. The van der Waals surface area contributed by atoms with E-state index in [2.05, 4.69) is 64.8 Å². The number of aryl methyl sites for hydroxylation is 1. The lowest BCUT2D eigenvalue weighted by Crippen LogP contribution is -2.25. The number of aromatic nitrogens is 2. The molecule has 0 saturated heterocycles. The maximum Gasteiger partial charge on any atom is 0.251 e. The number of amides is 1. The largest absolute Gasteiger partial charge is 0.494 e. The van der Waals surface area contributed by atoms with Crippen molar-refractivity contribution >= 4 is 32.9 Å². The Bertz CT molecular complexity index is 1260. The zero-order chi connectivity index (χ0) is 24.1. The third-order valence-electron chi connectivity index (χ3n) is 5.76. The van der Waals surface area contributed by atoms with E-state index >= 15 is 0 Å². The molecule has 1 heterocycles. The van der Waals surface area contributed by atoms with Crippen LogP contribution in [0, 0.1) is 0 Å². The molecule has 1 amide bonds. The van der Waals surface area contributed by atoms with E-state index < -0.39 is 0 Å². The van der Waals surface area contributed by atoms with Gasteiger partial charge in [-0.15, -0.1) is 0 Å². The van der Waals surface area contributed by atoms with Crippen LogP contribution in [0.2, 0.25) is 0 Å². The summed E-state index contributed by atoms with van der Waals surface area (Å²) in [6, 6.07) is 23.7. The topological polar surface area (TPSA) is 56.1 Å². The van der Waals surface area contributed by atoms with E-state index in [9.17, 15) is 4.79 Å². The predicted molar refractivity (Wildman–Crippen MR) is 140 cm³/mol. The van der Waals surface area contributed by atoms with Gasteiger partial charge in [-0.2, -0.15) is 0 Å².